The van der Waals surface area contributed by atoms with E-state index in [0.717, 1.165) is 10.6 Å². The van der Waals surface area contributed by atoms with Gasteiger partial charge in [-0.15, -0.1) is 0 Å². The first-order valence-electron chi connectivity index (χ1n) is 7.65. The van der Waals surface area contributed by atoms with E-state index in [0.29, 0.717) is 0 Å². The molecule has 0 saturated heterocycles. The fraction of sp³-hybridized carbons (Fsp3) is 0.235. The number of halogens is 1. The molecule has 0 fully saturated rings. The highest BCUT2D eigenvalue weighted by Crippen LogP contribution is 2.29. The molecule has 0 spiro atoms. The zero-order valence-electron chi connectivity index (χ0n) is 14.5. The number of aromatic nitrogens is 1. The Morgan fingerprint density at radius 1 is 1.52 bits per heavy atom. The number of nitro groups is 1. The van der Waals surface area contributed by atoms with E-state index in [-0.39, 0.29) is 52.1 Å². The third kappa shape index (κ3) is 4.13. The Bertz CT molecular complexity index is 1020. The van der Waals surface area contributed by atoms with Crippen LogP contribution in [0.2, 0.25) is 5.02 Å². The zero-order chi connectivity index (χ0) is 20.1. The van der Waals surface area contributed by atoms with Crippen molar-refractivity contribution in [3.63, 3.8) is 0 Å². The van der Waals surface area contributed by atoms with Gasteiger partial charge in [-0.25, -0.2) is 0 Å². The molecule has 2 aromatic rings. The molecule has 0 radical (unpaired) electrons. The number of aliphatic imine (C=N–C) groups is 1. The SMILES string of the molecule is COCCn1c(O)c(C=Nc2ccc([N+](=O)[O-])cc2Cl)c(C)c(C#N)c1=O. The molecule has 1 heterocycles. The molecule has 0 aliphatic rings. The molecule has 9 nitrogen and oxygen atoms in total. The maximum atomic E-state index is 12.3. The van der Waals surface area contributed by atoms with Crippen LogP contribution in [0.1, 0.15) is 16.7 Å². The molecule has 0 saturated carbocycles. The topological polar surface area (TPSA) is 131 Å². The van der Waals surface area contributed by atoms with Gasteiger partial charge in [0.2, 0.25) is 5.88 Å². The quantitative estimate of drug-likeness (QED) is 0.458. The maximum Gasteiger partial charge on any atom is 0.271 e. The molecule has 10 heteroatoms. The molecule has 1 N–H and O–H groups in total. The smallest absolute Gasteiger partial charge is 0.271 e. The van der Waals surface area contributed by atoms with E-state index >= 15 is 0 Å². The molecule has 27 heavy (non-hydrogen) atoms. The minimum absolute atomic E-state index is 0.0470. The highest BCUT2D eigenvalue weighted by atomic mass is 35.5. The molecule has 1 aromatic heterocycles. The number of hydrogen-bond donors (Lipinski definition) is 1. The van der Waals surface area contributed by atoms with E-state index in [1.807, 2.05) is 6.07 Å². The van der Waals surface area contributed by atoms with Gasteiger partial charge in [0.15, 0.2) is 0 Å². The lowest BCUT2D eigenvalue weighted by Gasteiger charge is -2.13. The van der Waals surface area contributed by atoms with Gasteiger partial charge in [-0.3, -0.25) is 24.5 Å². The number of nitrogens with zero attached hydrogens (tertiary/aromatic N) is 4. The molecule has 1 aromatic carbocycles. The lowest BCUT2D eigenvalue weighted by atomic mass is 10.1. The normalized spacial score (nSPS) is 10.9. The molecule has 0 atom stereocenters. The summed E-state index contributed by atoms with van der Waals surface area (Å²) in [5.41, 5.74) is -0.283. The third-order valence-electron chi connectivity index (χ3n) is 3.84. The van der Waals surface area contributed by atoms with Crippen LogP contribution in [0.5, 0.6) is 5.88 Å². The molecule has 0 aliphatic heterocycles. The van der Waals surface area contributed by atoms with Gasteiger partial charge >= 0.3 is 0 Å². The molecule has 0 unspecified atom stereocenters. The fourth-order valence-corrected chi connectivity index (χ4v) is 2.59. The van der Waals surface area contributed by atoms with Gasteiger partial charge < -0.3 is 9.84 Å². The summed E-state index contributed by atoms with van der Waals surface area (Å²) in [7, 11) is 1.44. The largest absolute Gasteiger partial charge is 0.494 e. The number of ether oxygens (including phenoxy) is 1. The third-order valence-corrected chi connectivity index (χ3v) is 4.14. The van der Waals surface area contributed by atoms with Crippen LogP contribution in [-0.2, 0) is 11.3 Å². The lowest BCUT2D eigenvalue weighted by Crippen LogP contribution is -2.26. The predicted molar refractivity (Wildman–Crippen MR) is 99.1 cm³/mol. The van der Waals surface area contributed by atoms with Gasteiger partial charge in [0.05, 0.1) is 34.3 Å². The van der Waals surface area contributed by atoms with Crippen molar-refractivity contribution >= 4 is 29.2 Å². The Kier molecular flexibility index (Phi) is 6.28. The number of nitriles is 1. The minimum Gasteiger partial charge on any atom is -0.494 e. The zero-order valence-corrected chi connectivity index (χ0v) is 15.2. The number of benzene rings is 1. The van der Waals surface area contributed by atoms with E-state index < -0.39 is 10.5 Å². The Morgan fingerprint density at radius 3 is 2.78 bits per heavy atom. The number of hydrogen-bond acceptors (Lipinski definition) is 7. The van der Waals surface area contributed by atoms with E-state index in [1.54, 1.807) is 0 Å². The van der Waals surface area contributed by atoms with Crippen molar-refractivity contribution in [1.82, 2.24) is 4.57 Å². The van der Waals surface area contributed by atoms with Gasteiger partial charge in [-0.1, -0.05) is 11.6 Å². The molecule has 2 rings (SSSR count). The van der Waals surface area contributed by atoms with Crippen LogP contribution in [0.3, 0.4) is 0 Å². The van der Waals surface area contributed by atoms with Crippen molar-refractivity contribution in [2.75, 3.05) is 13.7 Å². The van der Waals surface area contributed by atoms with Gasteiger partial charge in [0.25, 0.3) is 11.2 Å². The number of nitro benzene ring substituents is 1. The number of methoxy groups -OCH3 is 1. The summed E-state index contributed by atoms with van der Waals surface area (Å²) in [6.45, 7) is 1.72. The van der Waals surface area contributed by atoms with Gasteiger partial charge in [0, 0.05) is 25.5 Å². The molecule has 0 bridgehead atoms. The predicted octanol–water partition coefficient (Wildman–Crippen LogP) is 2.69. The highest BCUT2D eigenvalue weighted by Gasteiger charge is 2.18. The Labute approximate surface area is 158 Å². The Morgan fingerprint density at radius 2 is 2.22 bits per heavy atom. The van der Waals surface area contributed by atoms with E-state index in [4.69, 9.17) is 16.3 Å². The van der Waals surface area contributed by atoms with Crippen LogP contribution >= 0.6 is 11.6 Å². The average molecular weight is 391 g/mol. The molecular formula is C17H15ClN4O5. The maximum absolute atomic E-state index is 12.3. The fourth-order valence-electron chi connectivity index (χ4n) is 2.36. The van der Waals surface area contributed by atoms with Crippen molar-refractivity contribution in [2.24, 2.45) is 4.99 Å². The summed E-state index contributed by atoms with van der Waals surface area (Å²) in [4.78, 5) is 26.6. The van der Waals surface area contributed by atoms with Gasteiger partial charge in [-0.05, 0) is 18.6 Å². The van der Waals surface area contributed by atoms with E-state index in [2.05, 4.69) is 4.99 Å². The van der Waals surface area contributed by atoms with Crippen LogP contribution in [0.15, 0.2) is 28.0 Å². The summed E-state index contributed by atoms with van der Waals surface area (Å²) in [5, 5.41) is 30.5. The van der Waals surface area contributed by atoms with Crippen molar-refractivity contribution in [2.45, 2.75) is 13.5 Å². The molecule has 0 aliphatic carbocycles. The van der Waals surface area contributed by atoms with Crippen LogP contribution in [-0.4, -0.2) is 34.5 Å². The number of aromatic hydroxyl groups is 1. The highest BCUT2D eigenvalue weighted by molar-refractivity contribution is 6.33. The first kappa shape index (κ1) is 20.1. The second-order valence-electron chi connectivity index (χ2n) is 5.45. The molecule has 140 valence electrons. The summed E-state index contributed by atoms with van der Waals surface area (Å²) in [6, 6.07) is 5.58. The Balaban J connectivity index is 2.55. The number of rotatable bonds is 6. The van der Waals surface area contributed by atoms with Crippen molar-refractivity contribution in [1.29, 1.82) is 5.26 Å². The van der Waals surface area contributed by atoms with E-state index in [1.165, 1.54) is 32.4 Å². The first-order chi connectivity index (χ1) is 12.8. The van der Waals surface area contributed by atoms with Crippen molar-refractivity contribution < 1.29 is 14.8 Å². The number of non-ortho nitro benzene ring substituents is 1. The summed E-state index contributed by atoms with van der Waals surface area (Å²) < 4.78 is 5.94. The summed E-state index contributed by atoms with van der Waals surface area (Å²) in [6.07, 6.45) is 1.25. The average Bonchev–Trinajstić information content (AvgIpc) is 2.62. The Hall–Kier alpha value is -3.22. The summed E-state index contributed by atoms with van der Waals surface area (Å²) >= 11 is 6.00. The van der Waals surface area contributed by atoms with Gasteiger partial charge in [-0.2, -0.15) is 5.26 Å². The monoisotopic (exact) mass is 390 g/mol. The minimum atomic E-state index is -0.630. The van der Waals surface area contributed by atoms with Crippen LogP contribution < -0.4 is 5.56 Å². The van der Waals surface area contributed by atoms with Crippen LogP contribution in [0.25, 0.3) is 0 Å². The van der Waals surface area contributed by atoms with E-state index in [9.17, 15) is 25.3 Å². The van der Waals surface area contributed by atoms with Gasteiger partial charge in [0.1, 0.15) is 11.6 Å². The van der Waals surface area contributed by atoms with Crippen LogP contribution in [0.4, 0.5) is 11.4 Å². The van der Waals surface area contributed by atoms with Crippen LogP contribution in [0, 0.1) is 28.4 Å². The second-order valence-corrected chi connectivity index (χ2v) is 5.86. The van der Waals surface area contributed by atoms with Crippen molar-refractivity contribution in [3.8, 4) is 11.9 Å². The standard InChI is InChI=1S/C17H15ClN4O5/c1-10-12(8-19)16(23)21(5-6-27-2)17(24)13(10)9-20-15-4-3-11(22(25)26)7-14(15)18/h3-4,7,9,24H,5-6H2,1-2H3. The lowest BCUT2D eigenvalue weighted by molar-refractivity contribution is -0.384. The number of pyridine rings is 1. The molecule has 0 amide bonds. The first-order valence-corrected chi connectivity index (χ1v) is 8.03. The van der Waals surface area contributed by atoms with Crippen molar-refractivity contribution in [3.05, 3.63) is 60.4 Å². The summed E-state index contributed by atoms with van der Waals surface area (Å²) in [5.74, 6) is -0.365. The second kappa shape index (κ2) is 8.44. The molecular weight excluding hydrogens is 376 g/mol.